The van der Waals surface area contributed by atoms with Crippen molar-refractivity contribution >= 4 is 11.6 Å². The first-order valence-corrected chi connectivity index (χ1v) is 7.90. The topological polar surface area (TPSA) is 47.3 Å². The van der Waals surface area contributed by atoms with Crippen molar-refractivity contribution < 1.29 is 9.84 Å². The van der Waals surface area contributed by atoms with Gasteiger partial charge in [-0.3, -0.25) is 4.68 Å². The van der Waals surface area contributed by atoms with Gasteiger partial charge in [0.15, 0.2) is 0 Å². The fraction of sp³-hybridized carbons (Fsp3) is 0.800. The molecule has 0 spiro atoms. The maximum atomic E-state index is 10.9. The van der Waals surface area contributed by atoms with Crippen LogP contribution in [0.2, 0.25) is 5.02 Å². The molecule has 0 amide bonds. The van der Waals surface area contributed by atoms with Gasteiger partial charge in [0, 0.05) is 26.5 Å². The largest absolute Gasteiger partial charge is 0.389 e. The summed E-state index contributed by atoms with van der Waals surface area (Å²) in [5.41, 5.74) is 1.16. The van der Waals surface area contributed by atoms with E-state index < -0.39 is 5.60 Å². The van der Waals surface area contributed by atoms with E-state index in [-0.39, 0.29) is 6.10 Å². The smallest absolute Gasteiger partial charge is 0.0850 e. The van der Waals surface area contributed by atoms with Crippen molar-refractivity contribution in [1.29, 1.82) is 0 Å². The highest BCUT2D eigenvalue weighted by Gasteiger charge is 2.36. The lowest BCUT2D eigenvalue weighted by molar-refractivity contribution is -0.0590. The van der Waals surface area contributed by atoms with Crippen molar-refractivity contribution in [2.24, 2.45) is 0 Å². The zero-order chi connectivity index (χ0) is 14.8. The van der Waals surface area contributed by atoms with Crippen LogP contribution in [0.3, 0.4) is 0 Å². The summed E-state index contributed by atoms with van der Waals surface area (Å²) < 4.78 is 7.35. The molecule has 4 nitrogen and oxygen atoms in total. The highest BCUT2D eigenvalue weighted by atomic mass is 35.5. The lowest BCUT2D eigenvalue weighted by Crippen LogP contribution is -2.40. The van der Waals surface area contributed by atoms with Crippen molar-refractivity contribution in [1.82, 2.24) is 9.78 Å². The summed E-state index contributed by atoms with van der Waals surface area (Å²) in [4.78, 5) is 0. The maximum Gasteiger partial charge on any atom is 0.0850 e. The third kappa shape index (κ3) is 3.18. The first-order chi connectivity index (χ1) is 9.53. The number of rotatable bonds is 5. The Morgan fingerprint density at radius 3 is 2.85 bits per heavy atom. The molecule has 0 radical (unpaired) electrons. The van der Waals surface area contributed by atoms with E-state index in [0.29, 0.717) is 12.8 Å². The molecule has 1 aliphatic carbocycles. The molecule has 1 heterocycles. The van der Waals surface area contributed by atoms with Crippen LogP contribution >= 0.6 is 11.6 Å². The van der Waals surface area contributed by atoms with E-state index in [1.54, 1.807) is 7.11 Å². The Hall–Kier alpha value is -0.580. The van der Waals surface area contributed by atoms with Gasteiger partial charge in [-0.15, -0.1) is 0 Å². The summed E-state index contributed by atoms with van der Waals surface area (Å²) in [6, 6.07) is 0. The Balaban J connectivity index is 2.22. The molecule has 114 valence electrons. The summed E-state index contributed by atoms with van der Waals surface area (Å²) in [5.74, 6) is 0. The molecule has 1 fully saturated rings. The normalized spacial score (nSPS) is 26.9. The minimum Gasteiger partial charge on any atom is -0.389 e. The zero-order valence-electron chi connectivity index (χ0n) is 12.7. The van der Waals surface area contributed by atoms with Crippen molar-refractivity contribution in [3.05, 3.63) is 16.4 Å². The van der Waals surface area contributed by atoms with Crippen LogP contribution in [0.15, 0.2) is 0 Å². The molecule has 1 aromatic heterocycles. The predicted molar refractivity (Wildman–Crippen MR) is 80.2 cm³/mol. The quantitative estimate of drug-likeness (QED) is 0.909. The first-order valence-electron chi connectivity index (χ1n) is 7.52. The molecule has 2 atom stereocenters. The van der Waals surface area contributed by atoms with Crippen molar-refractivity contribution in [2.45, 2.75) is 70.6 Å². The van der Waals surface area contributed by atoms with Crippen LogP contribution in [0.5, 0.6) is 0 Å². The second-order valence-electron chi connectivity index (χ2n) is 5.73. The third-order valence-electron chi connectivity index (χ3n) is 4.30. The van der Waals surface area contributed by atoms with E-state index in [9.17, 15) is 5.11 Å². The van der Waals surface area contributed by atoms with E-state index in [1.807, 2.05) is 11.6 Å². The van der Waals surface area contributed by atoms with Crippen LogP contribution in [0, 0.1) is 0 Å². The predicted octanol–water partition coefficient (Wildman–Crippen LogP) is 2.98. The minimum absolute atomic E-state index is 0.149. The van der Waals surface area contributed by atoms with Crippen molar-refractivity contribution in [2.75, 3.05) is 7.11 Å². The fourth-order valence-corrected chi connectivity index (χ4v) is 3.48. The van der Waals surface area contributed by atoms with Crippen LogP contribution in [0.25, 0.3) is 0 Å². The minimum atomic E-state index is -0.722. The van der Waals surface area contributed by atoms with Crippen molar-refractivity contribution in [3.63, 3.8) is 0 Å². The van der Waals surface area contributed by atoms with E-state index in [1.165, 1.54) is 0 Å². The zero-order valence-corrected chi connectivity index (χ0v) is 13.4. The Bertz CT molecular complexity index is 461. The van der Waals surface area contributed by atoms with Gasteiger partial charge in [-0.05, 0) is 32.6 Å². The number of nitrogens with zero attached hydrogens (tertiary/aromatic N) is 2. The maximum absolute atomic E-state index is 10.9. The third-order valence-corrected chi connectivity index (χ3v) is 4.74. The Morgan fingerprint density at radius 2 is 2.25 bits per heavy atom. The van der Waals surface area contributed by atoms with E-state index >= 15 is 0 Å². The van der Waals surface area contributed by atoms with Crippen molar-refractivity contribution in [3.8, 4) is 0 Å². The molecule has 1 N–H and O–H groups in total. The van der Waals surface area contributed by atoms with Crippen LogP contribution < -0.4 is 0 Å². The average molecular weight is 301 g/mol. The first kappa shape index (κ1) is 15.8. The Kier molecular flexibility index (Phi) is 5.10. The van der Waals surface area contributed by atoms with E-state index in [2.05, 4.69) is 12.0 Å². The van der Waals surface area contributed by atoms with Gasteiger partial charge >= 0.3 is 0 Å². The fourth-order valence-electron chi connectivity index (χ4n) is 3.15. The summed E-state index contributed by atoms with van der Waals surface area (Å²) in [5, 5.41) is 16.1. The number of hydrogen-bond donors (Lipinski definition) is 1. The van der Waals surface area contributed by atoms with Gasteiger partial charge in [0.1, 0.15) is 0 Å². The van der Waals surface area contributed by atoms with Crippen LogP contribution in [0.4, 0.5) is 0 Å². The molecular weight excluding hydrogens is 276 g/mol. The van der Waals surface area contributed by atoms with E-state index in [0.717, 1.165) is 48.6 Å². The average Bonchev–Trinajstić information content (AvgIpc) is 2.74. The lowest BCUT2D eigenvalue weighted by Gasteiger charge is -2.36. The molecule has 0 saturated heterocycles. The van der Waals surface area contributed by atoms with Crippen LogP contribution in [-0.2, 0) is 24.1 Å². The number of methoxy groups -OCH3 is 1. The Labute approximate surface area is 126 Å². The summed E-state index contributed by atoms with van der Waals surface area (Å²) in [6.07, 6.45) is 5.03. The Morgan fingerprint density at radius 1 is 1.50 bits per heavy atom. The summed E-state index contributed by atoms with van der Waals surface area (Å²) >= 11 is 6.43. The van der Waals surface area contributed by atoms with Gasteiger partial charge < -0.3 is 9.84 Å². The van der Waals surface area contributed by atoms with Gasteiger partial charge in [0.25, 0.3) is 0 Å². The van der Waals surface area contributed by atoms with Gasteiger partial charge in [-0.25, -0.2) is 0 Å². The van der Waals surface area contributed by atoms with Gasteiger partial charge in [0.05, 0.1) is 28.1 Å². The lowest BCUT2D eigenvalue weighted by atomic mass is 9.80. The van der Waals surface area contributed by atoms with Crippen LogP contribution in [-0.4, -0.2) is 33.7 Å². The highest BCUT2D eigenvalue weighted by Crippen LogP contribution is 2.35. The number of hydrogen-bond acceptors (Lipinski definition) is 3. The molecular formula is C15H25ClN2O2. The SMILES string of the molecule is CCc1nn(CC)c(CC2(O)CCCC(OC)C2)c1Cl. The number of ether oxygens (including phenoxy) is 1. The van der Waals surface area contributed by atoms with Crippen LogP contribution in [0.1, 0.15) is 50.9 Å². The number of aromatic nitrogens is 2. The summed E-state index contributed by atoms with van der Waals surface area (Å²) in [7, 11) is 1.72. The molecule has 1 saturated carbocycles. The molecule has 1 aromatic rings. The molecule has 0 aromatic carbocycles. The summed E-state index contributed by atoms with van der Waals surface area (Å²) in [6.45, 7) is 4.88. The molecule has 2 unspecified atom stereocenters. The second-order valence-corrected chi connectivity index (χ2v) is 6.11. The number of halogens is 1. The highest BCUT2D eigenvalue weighted by molar-refractivity contribution is 6.31. The van der Waals surface area contributed by atoms with Gasteiger partial charge in [-0.2, -0.15) is 5.10 Å². The molecule has 5 heteroatoms. The number of aryl methyl sites for hydroxylation is 2. The molecule has 0 aliphatic heterocycles. The standard InChI is InChI=1S/C15H25ClN2O2/c1-4-12-14(16)13(18(5-2)17-12)10-15(19)8-6-7-11(9-15)20-3/h11,19H,4-10H2,1-3H3. The molecule has 0 bridgehead atoms. The van der Waals surface area contributed by atoms with E-state index in [4.69, 9.17) is 16.3 Å². The van der Waals surface area contributed by atoms with Gasteiger partial charge in [-0.1, -0.05) is 18.5 Å². The molecule has 2 rings (SSSR count). The van der Waals surface area contributed by atoms with Gasteiger partial charge in [0.2, 0.25) is 0 Å². The number of aliphatic hydroxyl groups is 1. The second kappa shape index (κ2) is 6.46. The molecule has 20 heavy (non-hydrogen) atoms. The molecule has 1 aliphatic rings. The monoisotopic (exact) mass is 300 g/mol.